The molecule has 9 heteroatoms. The zero-order valence-corrected chi connectivity index (χ0v) is 21.0. The number of alkyl halides is 1. The lowest BCUT2D eigenvalue weighted by atomic mass is 10.0. The number of rotatable bonds is 4. The van der Waals surface area contributed by atoms with Crippen LogP contribution in [0.4, 0.5) is 10.1 Å². The summed E-state index contributed by atoms with van der Waals surface area (Å²) in [5.74, 6) is 0.608. The molecular formula is C27H34FN5O3. The van der Waals surface area contributed by atoms with Gasteiger partial charge in [0.1, 0.15) is 12.7 Å². The molecule has 36 heavy (non-hydrogen) atoms. The Morgan fingerprint density at radius 1 is 1.11 bits per heavy atom. The van der Waals surface area contributed by atoms with Gasteiger partial charge in [-0.15, -0.1) is 0 Å². The second-order valence-electron chi connectivity index (χ2n) is 10.9. The molecule has 3 fully saturated rings. The topological polar surface area (TPSA) is 81.9 Å². The number of benzene rings is 1. The van der Waals surface area contributed by atoms with Crippen molar-refractivity contribution in [3.63, 3.8) is 0 Å². The predicted molar refractivity (Wildman–Crippen MR) is 133 cm³/mol. The van der Waals surface area contributed by atoms with Crippen molar-refractivity contribution in [3.05, 3.63) is 46.3 Å². The number of halogens is 1. The molecule has 4 aliphatic rings. The average Bonchev–Trinajstić information content (AvgIpc) is 3.40. The molecular weight excluding hydrogens is 461 g/mol. The van der Waals surface area contributed by atoms with Crippen LogP contribution in [0.3, 0.4) is 0 Å². The minimum Gasteiger partial charge on any atom is -0.390 e. The first-order chi connectivity index (χ1) is 17.3. The Morgan fingerprint density at radius 2 is 1.89 bits per heavy atom. The number of aryl methyl sites for hydroxylation is 1. The Bertz CT molecular complexity index is 1200. The fraction of sp³-hybridized carbons (Fsp3) is 0.593. The fourth-order valence-electron chi connectivity index (χ4n) is 6.21. The van der Waals surface area contributed by atoms with E-state index in [1.54, 1.807) is 4.68 Å². The van der Waals surface area contributed by atoms with Crippen LogP contribution in [0, 0.1) is 19.8 Å². The number of piperazine rings is 1. The Kier molecular flexibility index (Phi) is 5.78. The Morgan fingerprint density at radius 3 is 2.64 bits per heavy atom. The van der Waals surface area contributed by atoms with E-state index < -0.39 is 12.3 Å². The summed E-state index contributed by atoms with van der Waals surface area (Å²) in [5.41, 5.74) is 6.13. The molecule has 6 rings (SSSR count). The van der Waals surface area contributed by atoms with Crippen LogP contribution in [0.15, 0.2) is 18.2 Å². The van der Waals surface area contributed by atoms with Gasteiger partial charge in [-0.25, -0.2) is 4.39 Å². The van der Waals surface area contributed by atoms with E-state index in [1.807, 2.05) is 4.90 Å². The van der Waals surface area contributed by atoms with Crippen LogP contribution in [0.5, 0.6) is 0 Å². The molecule has 1 aromatic heterocycles. The van der Waals surface area contributed by atoms with Gasteiger partial charge in [-0.3, -0.25) is 14.3 Å². The first-order valence-electron chi connectivity index (χ1n) is 13.1. The number of hydrogen-bond donors (Lipinski definition) is 1. The average molecular weight is 496 g/mol. The third kappa shape index (κ3) is 3.97. The van der Waals surface area contributed by atoms with Crippen LogP contribution >= 0.6 is 0 Å². The molecule has 2 aliphatic heterocycles. The van der Waals surface area contributed by atoms with Gasteiger partial charge in [0.2, 0.25) is 5.91 Å². The highest BCUT2D eigenvalue weighted by molar-refractivity contribution is 5.95. The van der Waals surface area contributed by atoms with Gasteiger partial charge in [0.05, 0.1) is 12.6 Å². The van der Waals surface area contributed by atoms with Crippen molar-refractivity contribution in [2.75, 3.05) is 44.2 Å². The van der Waals surface area contributed by atoms with Crippen molar-refractivity contribution in [1.29, 1.82) is 0 Å². The lowest BCUT2D eigenvalue weighted by Gasteiger charge is -2.37. The van der Waals surface area contributed by atoms with E-state index in [0.717, 1.165) is 37.2 Å². The Labute approximate surface area is 210 Å². The van der Waals surface area contributed by atoms with E-state index in [0.29, 0.717) is 37.2 Å². The van der Waals surface area contributed by atoms with Gasteiger partial charge >= 0.3 is 0 Å². The highest BCUT2D eigenvalue weighted by atomic mass is 19.1. The first kappa shape index (κ1) is 23.5. The van der Waals surface area contributed by atoms with E-state index in [4.69, 9.17) is 0 Å². The number of nitrogens with zero attached hydrogens (tertiary/aromatic N) is 5. The van der Waals surface area contributed by atoms with Crippen molar-refractivity contribution in [3.8, 4) is 0 Å². The normalized spacial score (nSPS) is 27.2. The molecule has 2 aromatic rings. The van der Waals surface area contributed by atoms with Gasteiger partial charge in [0.15, 0.2) is 5.69 Å². The molecule has 0 bridgehead atoms. The maximum atomic E-state index is 14.1. The zero-order chi connectivity index (χ0) is 25.1. The Hall–Kier alpha value is -2.94. The number of carbonyl (C=O) groups excluding carboxylic acids is 2. The molecule has 192 valence electrons. The summed E-state index contributed by atoms with van der Waals surface area (Å²) in [5, 5.41) is 14.3. The van der Waals surface area contributed by atoms with E-state index >= 15 is 0 Å². The predicted octanol–water partition coefficient (Wildman–Crippen LogP) is 2.05. The SMILES string of the molecule is Cc1cccc(N2CCN(C(=O)Cn3nc(C(=O)N4CC[C@@H](O)[C@@H](F)C4)c4c3C[C@H]3C[C@@H]43)CC2)c1C. The van der Waals surface area contributed by atoms with Crippen molar-refractivity contribution >= 4 is 17.5 Å². The lowest BCUT2D eigenvalue weighted by molar-refractivity contribution is -0.132. The molecule has 0 unspecified atom stereocenters. The van der Waals surface area contributed by atoms with Crippen LogP contribution in [0.1, 0.15) is 51.6 Å². The van der Waals surface area contributed by atoms with Crippen LogP contribution in [-0.2, 0) is 17.8 Å². The molecule has 3 heterocycles. The highest BCUT2D eigenvalue weighted by Crippen LogP contribution is 2.57. The van der Waals surface area contributed by atoms with Gasteiger partial charge in [-0.2, -0.15) is 5.10 Å². The standard InChI is InChI=1S/C27H34FN5O3/c1-16-4-3-5-21(17(16)2)30-8-10-31(11-9-30)24(35)15-33-22-13-18-12-19(18)25(22)26(29-33)27(36)32-7-6-23(34)20(28)14-32/h3-5,18-20,23,34H,6-15H2,1-2H3/t18-,19-,20+,23-/m1/s1. The monoisotopic (exact) mass is 495 g/mol. The van der Waals surface area contributed by atoms with Gasteiger partial charge in [0, 0.05) is 49.7 Å². The van der Waals surface area contributed by atoms with Crippen molar-refractivity contribution in [1.82, 2.24) is 19.6 Å². The number of fused-ring (bicyclic) bond motifs is 3. The Balaban J connectivity index is 1.15. The second kappa shape index (κ2) is 8.87. The summed E-state index contributed by atoms with van der Waals surface area (Å²) in [7, 11) is 0. The molecule has 1 aromatic carbocycles. The minimum atomic E-state index is -1.43. The van der Waals surface area contributed by atoms with Gasteiger partial charge < -0.3 is 19.8 Å². The van der Waals surface area contributed by atoms with E-state index in [1.165, 1.54) is 21.7 Å². The number of hydrogen-bond acceptors (Lipinski definition) is 5. The third-order valence-corrected chi connectivity index (χ3v) is 8.68. The molecule has 1 saturated carbocycles. The zero-order valence-electron chi connectivity index (χ0n) is 21.0. The number of aromatic nitrogens is 2. The largest absolute Gasteiger partial charge is 0.390 e. The van der Waals surface area contributed by atoms with Crippen LogP contribution in [0.2, 0.25) is 0 Å². The van der Waals surface area contributed by atoms with Gasteiger partial charge in [0.25, 0.3) is 5.91 Å². The number of carbonyl (C=O) groups is 2. The summed E-state index contributed by atoms with van der Waals surface area (Å²) in [6.07, 6.45) is -0.321. The highest BCUT2D eigenvalue weighted by Gasteiger charge is 2.51. The van der Waals surface area contributed by atoms with Gasteiger partial charge in [-0.05, 0) is 62.1 Å². The third-order valence-electron chi connectivity index (χ3n) is 8.68. The lowest BCUT2D eigenvalue weighted by Crippen LogP contribution is -2.50. The quantitative estimate of drug-likeness (QED) is 0.702. The number of aliphatic hydroxyl groups is 1. The van der Waals surface area contributed by atoms with Crippen molar-refractivity contribution in [2.45, 2.75) is 57.8 Å². The fourth-order valence-corrected chi connectivity index (χ4v) is 6.21. The molecule has 4 atom stereocenters. The molecule has 8 nitrogen and oxygen atoms in total. The summed E-state index contributed by atoms with van der Waals surface area (Å²) in [4.78, 5) is 32.3. The number of likely N-dealkylation sites (tertiary alicyclic amines) is 1. The number of piperidine rings is 1. The van der Waals surface area contributed by atoms with Gasteiger partial charge in [-0.1, -0.05) is 12.1 Å². The number of anilines is 1. The molecule has 2 aliphatic carbocycles. The van der Waals surface area contributed by atoms with E-state index in [9.17, 15) is 19.1 Å². The van der Waals surface area contributed by atoms with Crippen molar-refractivity contribution in [2.24, 2.45) is 5.92 Å². The van der Waals surface area contributed by atoms with Crippen LogP contribution in [0.25, 0.3) is 0 Å². The number of amides is 2. The summed E-state index contributed by atoms with van der Waals surface area (Å²) < 4.78 is 15.8. The summed E-state index contributed by atoms with van der Waals surface area (Å²) in [6.45, 7) is 7.47. The molecule has 0 radical (unpaired) electrons. The molecule has 2 saturated heterocycles. The number of aliphatic hydroxyl groups excluding tert-OH is 1. The molecule has 0 spiro atoms. The minimum absolute atomic E-state index is 0.0189. The van der Waals surface area contributed by atoms with Crippen LogP contribution in [-0.4, -0.2) is 88.0 Å². The van der Waals surface area contributed by atoms with E-state index in [-0.39, 0.29) is 31.3 Å². The molecule has 1 N–H and O–H groups in total. The van der Waals surface area contributed by atoms with Crippen LogP contribution < -0.4 is 4.90 Å². The maximum absolute atomic E-state index is 14.1. The summed E-state index contributed by atoms with van der Waals surface area (Å²) in [6, 6.07) is 6.34. The van der Waals surface area contributed by atoms with E-state index in [2.05, 4.69) is 42.0 Å². The van der Waals surface area contributed by atoms with Crippen molar-refractivity contribution < 1.29 is 19.1 Å². The second-order valence-corrected chi connectivity index (χ2v) is 10.9. The smallest absolute Gasteiger partial charge is 0.274 e. The summed E-state index contributed by atoms with van der Waals surface area (Å²) >= 11 is 0. The first-order valence-corrected chi connectivity index (χ1v) is 13.1. The maximum Gasteiger partial charge on any atom is 0.274 e. The molecule has 2 amide bonds.